The molecule has 0 radical (unpaired) electrons. The predicted molar refractivity (Wildman–Crippen MR) is 211 cm³/mol. The first-order valence-electron chi connectivity index (χ1n) is 17.7. The third-order valence-corrected chi connectivity index (χ3v) is 18.0. The first-order valence-corrected chi connectivity index (χ1v) is 26.0. The molecule has 0 N–H and O–H groups in total. The van der Waals surface area contributed by atoms with E-state index in [1.54, 1.807) is 22.7 Å². The van der Waals surface area contributed by atoms with Crippen LogP contribution in [0.4, 0.5) is 16.8 Å². The Labute approximate surface area is 307 Å². The highest BCUT2D eigenvalue weighted by Crippen LogP contribution is 2.39. The van der Waals surface area contributed by atoms with Crippen LogP contribution in [-0.2, 0) is 33.5 Å². The van der Waals surface area contributed by atoms with E-state index in [-0.39, 0.29) is 11.0 Å². The Morgan fingerprint density at radius 3 is 2.54 bits per heavy atom. The van der Waals surface area contributed by atoms with Gasteiger partial charge in [-0.05, 0) is 75.8 Å². The number of esters is 1. The molecule has 1 aromatic carbocycles. The third kappa shape index (κ3) is 8.99. The molecule has 1 aliphatic rings. The maximum absolute atomic E-state index is 13.1. The van der Waals surface area contributed by atoms with Crippen LogP contribution in [0, 0.1) is 6.92 Å². The molecule has 4 heterocycles. The van der Waals surface area contributed by atoms with Crippen LogP contribution in [0.2, 0.25) is 43.8 Å². The van der Waals surface area contributed by atoms with Crippen LogP contribution in [0.25, 0.3) is 10.2 Å². The number of hydrogen-bond donors (Lipinski definition) is 0. The largest absolute Gasteiger partial charge is 0.461 e. The molecule has 0 atom stereocenters. The highest BCUT2D eigenvalue weighted by molar-refractivity contribution is 7.16. The molecule has 0 unspecified atom stereocenters. The number of benzene rings is 1. The van der Waals surface area contributed by atoms with Gasteiger partial charge in [0.25, 0.3) is 0 Å². The van der Waals surface area contributed by atoms with E-state index in [0.717, 1.165) is 80.4 Å². The average molecular weight is 755 g/mol. The van der Waals surface area contributed by atoms with Crippen LogP contribution >= 0.6 is 22.7 Å². The summed E-state index contributed by atoms with van der Waals surface area (Å²) < 4.78 is 21.3. The Morgan fingerprint density at radius 2 is 1.82 bits per heavy atom. The molecule has 5 rings (SSSR count). The van der Waals surface area contributed by atoms with Gasteiger partial charge in [0.1, 0.15) is 6.73 Å². The molecule has 0 aliphatic carbocycles. The molecule has 272 valence electrons. The van der Waals surface area contributed by atoms with Crippen molar-refractivity contribution >= 4 is 72.0 Å². The van der Waals surface area contributed by atoms with Gasteiger partial charge in [-0.3, -0.25) is 4.57 Å². The Kier molecular flexibility index (Phi) is 12.2. The van der Waals surface area contributed by atoms with Crippen molar-refractivity contribution in [1.29, 1.82) is 0 Å². The van der Waals surface area contributed by atoms with E-state index >= 15 is 0 Å². The maximum atomic E-state index is 13.1. The topological polar surface area (TPSA) is 104 Å². The summed E-state index contributed by atoms with van der Waals surface area (Å²) in [5.74, 6) is 1.01. The Hall–Kier alpha value is -2.76. The summed E-state index contributed by atoms with van der Waals surface area (Å²) in [7, 11) is -3.05. The number of carbonyl (C=O) groups excluding carboxylic acids is 1. The van der Waals surface area contributed by atoms with E-state index in [1.165, 1.54) is 0 Å². The number of nitrogens with zero attached hydrogens (tertiary/aromatic N) is 6. The summed E-state index contributed by atoms with van der Waals surface area (Å²) in [6.07, 6.45) is 3.30. The summed E-state index contributed by atoms with van der Waals surface area (Å²) in [5.41, 5.74) is 3.61. The van der Waals surface area contributed by atoms with Crippen LogP contribution in [0.1, 0.15) is 67.0 Å². The monoisotopic (exact) mass is 754 g/mol. The number of fused-ring (bicyclic) bond motifs is 2. The van der Waals surface area contributed by atoms with Crippen LogP contribution in [-0.4, -0.2) is 68.5 Å². The van der Waals surface area contributed by atoms with Crippen molar-refractivity contribution in [2.75, 3.05) is 31.3 Å². The van der Waals surface area contributed by atoms with Crippen molar-refractivity contribution < 1.29 is 18.7 Å². The van der Waals surface area contributed by atoms with Crippen LogP contribution in [0.3, 0.4) is 0 Å². The van der Waals surface area contributed by atoms with E-state index in [1.807, 2.05) is 6.92 Å². The minimum Gasteiger partial charge on any atom is -0.461 e. The molecule has 0 fully saturated rings. The zero-order chi connectivity index (χ0) is 36.3. The average Bonchev–Trinajstić information content (AvgIpc) is 3.63. The summed E-state index contributed by atoms with van der Waals surface area (Å²) >= 11 is 3.18. The molecule has 0 spiro atoms. The fourth-order valence-corrected chi connectivity index (χ4v) is 9.46. The van der Waals surface area contributed by atoms with E-state index in [4.69, 9.17) is 29.0 Å². The molecule has 1 aliphatic heterocycles. The number of rotatable bonds is 14. The van der Waals surface area contributed by atoms with Gasteiger partial charge in [-0.25, -0.2) is 9.78 Å². The minimum atomic E-state index is -1.85. The third-order valence-electron chi connectivity index (χ3n) is 9.57. The Balaban J connectivity index is 1.42. The maximum Gasteiger partial charge on any atom is 0.358 e. The number of aryl methyl sites for hydroxylation is 1. The number of anilines is 2. The second kappa shape index (κ2) is 15.9. The lowest BCUT2D eigenvalue weighted by Crippen LogP contribution is -2.41. The first kappa shape index (κ1) is 38.5. The normalized spacial score (nSPS) is 14.4. The van der Waals surface area contributed by atoms with Gasteiger partial charge in [-0.1, -0.05) is 63.9 Å². The fraction of sp³-hybridized carbons (Fsp3) is 0.583. The molecule has 0 bridgehead atoms. The number of thiazole rings is 2. The number of para-hydroxylation sites is 1. The second-order valence-corrected chi connectivity index (χ2v) is 28.1. The highest BCUT2D eigenvalue weighted by atomic mass is 32.1. The molecule has 4 aromatic rings. The van der Waals surface area contributed by atoms with Gasteiger partial charge >= 0.3 is 5.97 Å². The lowest BCUT2D eigenvalue weighted by Gasteiger charge is -2.36. The first-order chi connectivity index (χ1) is 23.6. The van der Waals surface area contributed by atoms with E-state index in [0.29, 0.717) is 37.9 Å². The van der Waals surface area contributed by atoms with E-state index < -0.39 is 16.4 Å². The fourth-order valence-electron chi connectivity index (χ4n) is 5.48. The molecule has 14 heteroatoms. The molecule has 50 heavy (non-hydrogen) atoms. The standard InChI is InChI=1S/C36H54N6O4S2Si2/c1-11-45-33(43)30-29(19-15-21-46-50(9,10)36(3,4)5)48-34(37-30)41-20-14-16-26-25(2)31(39-40-32(26)41)38-35-42(24-44-22-23-49(6,7)8)27-17-12-13-18-28(27)47-35/h12-13,17-18H,11,14-16,19-24H2,1-10H3/b38-35-. The SMILES string of the molecule is CCOC(=O)c1nc(N2CCCc3c2nnc(/N=c2\sc4ccccc4n2COCC[Si](C)(C)C)c3C)sc1CCCO[Si](C)(C)C(C)(C)C. The smallest absolute Gasteiger partial charge is 0.358 e. The van der Waals surface area contributed by atoms with Gasteiger partial charge in [0.2, 0.25) is 0 Å². The summed E-state index contributed by atoms with van der Waals surface area (Å²) in [4.78, 5) is 26.9. The molecule has 0 saturated heterocycles. The molecule has 0 saturated carbocycles. The van der Waals surface area contributed by atoms with Crippen molar-refractivity contribution in [1.82, 2.24) is 19.7 Å². The summed E-state index contributed by atoms with van der Waals surface area (Å²) in [6, 6.07) is 9.45. The Bertz CT molecular complexity index is 1870. The van der Waals surface area contributed by atoms with Crippen molar-refractivity contribution in [3.05, 3.63) is 50.8 Å². The van der Waals surface area contributed by atoms with Crippen LogP contribution < -0.4 is 9.70 Å². The van der Waals surface area contributed by atoms with E-state index in [2.05, 4.69) is 99.3 Å². The molecule has 10 nitrogen and oxygen atoms in total. The zero-order valence-corrected chi connectivity index (χ0v) is 35.1. The Morgan fingerprint density at radius 1 is 1.06 bits per heavy atom. The van der Waals surface area contributed by atoms with Gasteiger partial charge in [0, 0.05) is 43.8 Å². The predicted octanol–water partition coefficient (Wildman–Crippen LogP) is 9.02. The van der Waals surface area contributed by atoms with Crippen LogP contribution in [0.15, 0.2) is 29.3 Å². The second-order valence-electron chi connectivity index (χ2n) is 15.6. The lowest BCUT2D eigenvalue weighted by molar-refractivity contribution is 0.0519. The molecule has 0 amide bonds. The van der Waals surface area contributed by atoms with Gasteiger partial charge in [0.05, 0.1) is 16.8 Å². The van der Waals surface area contributed by atoms with Crippen LogP contribution in [0.5, 0.6) is 0 Å². The van der Waals surface area contributed by atoms with Gasteiger partial charge < -0.3 is 18.8 Å². The number of ether oxygens (including phenoxy) is 2. The molecular weight excluding hydrogens is 701 g/mol. The van der Waals surface area contributed by atoms with E-state index in [9.17, 15) is 4.79 Å². The molecule has 3 aromatic heterocycles. The van der Waals surface area contributed by atoms with Crippen molar-refractivity contribution in [3.8, 4) is 0 Å². The zero-order valence-electron chi connectivity index (χ0n) is 31.5. The number of hydrogen-bond acceptors (Lipinski definition) is 11. The van der Waals surface area contributed by atoms with Gasteiger partial charge in [-0.15, -0.1) is 21.5 Å². The number of aromatic nitrogens is 4. The van der Waals surface area contributed by atoms with Gasteiger partial charge in [0.15, 0.2) is 35.6 Å². The summed E-state index contributed by atoms with van der Waals surface area (Å²) in [5, 5.41) is 10.3. The highest BCUT2D eigenvalue weighted by Gasteiger charge is 2.37. The molecular formula is C36H54N6O4S2Si2. The lowest BCUT2D eigenvalue weighted by atomic mass is 10.0. The summed E-state index contributed by atoms with van der Waals surface area (Å²) in [6.45, 7) is 25.1. The minimum absolute atomic E-state index is 0.148. The van der Waals surface area contributed by atoms with Crippen molar-refractivity contribution in [3.63, 3.8) is 0 Å². The van der Waals surface area contributed by atoms with Crippen molar-refractivity contribution in [2.45, 2.75) is 111 Å². The quantitative estimate of drug-likeness (QED) is 0.0714. The van der Waals surface area contributed by atoms with Crippen molar-refractivity contribution in [2.24, 2.45) is 4.99 Å². The van der Waals surface area contributed by atoms with Gasteiger partial charge in [-0.2, -0.15) is 4.99 Å². The number of carbonyl (C=O) groups is 1.